The molecule has 1 aliphatic heterocycles. The van der Waals surface area contributed by atoms with Crippen LogP contribution in [0.1, 0.15) is 36.0 Å². The monoisotopic (exact) mass is 415 g/mol. The normalized spacial score (nSPS) is 14.2. The first-order chi connectivity index (χ1) is 13.5. The van der Waals surface area contributed by atoms with E-state index >= 15 is 0 Å². The molecule has 1 fully saturated rings. The molecule has 156 valence electrons. The Morgan fingerprint density at radius 2 is 1.72 bits per heavy atom. The number of hydrogen-bond acceptors (Lipinski definition) is 3. The summed E-state index contributed by atoms with van der Waals surface area (Å²) in [5.74, 6) is 0.214. The second-order valence-electron chi connectivity index (χ2n) is 7.56. The van der Waals surface area contributed by atoms with Crippen molar-refractivity contribution in [1.29, 1.82) is 0 Å². The number of carbonyl (C=O) groups excluding carboxylic acids is 2. The van der Waals surface area contributed by atoms with Gasteiger partial charge in [-0.25, -0.2) is 0 Å². The van der Waals surface area contributed by atoms with E-state index in [0.717, 1.165) is 29.7 Å². The van der Waals surface area contributed by atoms with E-state index in [-0.39, 0.29) is 30.1 Å². The summed E-state index contributed by atoms with van der Waals surface area (Å²) in [5.41, 5.74) is 10.0. The number of likely N-dealkylation sites (tertiary alicyclic amines) is 1. The third kappa shape index (κ3) is 6.50. The number of anilines is 1. The molecular weight excluding hydrogens is 386 g/mol. The Hall–Kier alpha value is -2.53. The molecule has 2 aromatic rings. The first kappa shape index (κ1) is 22.8. The van der Waals surface area contributed by atoms with Gasteiger partial charge in [0.25, 0.3) is 0 Å². The molecule has 0 radical (unpaired) electrons. The predicted molar refractivity (Wildman–Crippen MR) is 119 cm³/mol. The van der Waals surface area contributed by atoms with Crippen LogP contribution < -0.4 is 11.1 Å². The second-order valence-corrected chi connectivity index (χ2v) is 7.56. The van der Waals surface area contributed by atoms with Crippen LogP contribution in [0.5, 0.6) is 0 Å². The number of rotatable bonds is 6. The number of nitrogens with two attached hydrogens (primary N) is 1. The molecule has 5 nitrogen and oxygen atoms in total. The minimum absolute atomic E-state index is 0. The minimum atomic E-state index is -0.0146. The van der Waals surface area contributed by atoms with Crippen LogP contribution in [-0.2, 0) is 22.6 Å². The molecular formula is C23H30ClN3O2. The van der Waals surface area contributed by atoms with Gasteiger partial charge in [0.05, 0.1) is 0 Å². The van der Waals surface area contributed by atoms with Gasteiger partial charge in [0.2, 0.25) is 11.8 Å². The van der Waals surface area contributed by atoms with Crippen molar-refractivity contribution in [3.05, 3.63) is 65.2 Å². The van der Waals surface area contributed by atoms with Crippen LogP contribution >= 0.6 is 12.4 Å². The average Bonchev–Trinajstić information content (AvgIpc) is 2.72. The van der Waals surface area contributed by atoms with E-state index in [1.54, 1.807) is 0 Å². The van der Waals surface area contributed by atoms with E-state index in [2.05, 4.69) is 17.4 Å². The number of nitrogens with zero attached hydrogens (tertiary/aromatic N) is 1. The predicted octanol–water partition coefficient (Wildman–Crippen LogP) is 3.49. The number of para-hydroxylation sites is 1. The van der Waals surface area contributed by atoms with Gasteiger partial charge in [-0.1, -0.05) is 48.0 Å². The molecule has 2 aromatic carbocycles. The number of piperidine rings is 1. The van der Waals surface area contributed by atoms with Crippen LogP contribution in [-0.4, -0.2) is 29.8 Å². The summed E-state index contributed by atoms with van der Waals surface area (Å²) in [6.45, 7) is 3.89. The zero-order valence-electron chi connectivity index (χ0n) is 16.9. The van der Waals surface area contributed by atoms with E-state index in [4.69, 9.17) is 5.73 Å². The fraction of sp³-hybridized carbons (Fsp3) is 0.391. The number of nitrogen functional groups attached to an aromatic ring is 1. The fourth-order valence-electron chi connectivity index (χ4n) is 3.59. The van der Waals surface area contributed by atoms with Crippen molar-refractivity contribution in [3.63, 3.8) is 0 Å². The summed E-state index contributed by atoms with van der Waals surface area (Å²) in [4.78, 5) is 26.8. The molecule has 3 N–H and O–H groups in total. The van der Waals surface area contributed by atoms with Crippen molar-refractivity contribution < 1.29 is 9.59 Å². The Kier molecular flexibility index (Phi) is 8.52. The third-order valence-electron chi connectivity index (χ3n) is 5.47. The molecule has 0 spiro atoms. The topological polar surface area (TPSA) is 75.4 Å². The highest BCUT2D eigenvalue weighted by Crippen LogP contribution is 2.20. The van der Waals surface area contributed by atoms with Gasteiger partial charge in [0.1, 0.15) is 0 Å². The van der Waals surface area contributed by atoms with E-state index in [9.17, 15) is 9.59 Å². The third-order valence-corrected chi connectivity index (χ3v) is 5.47. The van der Waals surface area contributed by atoms with Crippen molar-refractivity contribution in [2.24, 2.45) is 5.92 Å². The maximum absolute atomic E-state index is 12.5. The molecule has 29 heavy (non-hydrogen) atoms. The number of hydrogen-bond donors (Lipinski definition) is 2. The summed E-state index contributed by atoms with van der Waals surface area (Å²) in [5, 5.41) is 3.03. The van der Waals surface area contributed by atoms with Crippen molar-refractivity contribution in [2.45, 2.75) is 39.2 Å². The first-order valence-corrected chi connectivity index (χ1v) is 9.97. The molecule has 1 heterocycles. The SMILES string of the molecule is Cc1ccc(CNC(=O)C2CCN(C(=O)CCc3ccccc3N)CC2)cc1.Cl. The Bertz CT molecular complexity index is 815. The number of benzene rings is 2. The molecule has 0 aliphatic carbocycles. The van der Waals surface area contributed by atoms with Crippen LogP contribution in [0.15, 0.2) is 48.5 Å². The number of halogens is 1. The molecule has 0 bridgehead atoms. The summed E-state index contributed by atoms with van der Waals surface area (Å²) < 4.78 is 0. The van der Waals surface area contributed by atoms with Crippen LogP contribution in [0, 0.1) is 12.8 Å². The van der Waals surface area contributed by atoms with Crippen LogP contribution in [0.4, 0.5) is 5.69 Å². The van der Waals surface area contributed by atoms with Gasteiger partial charge < -0.3 is 16.0 Å². The lowest BCUT2D eigenvalue weighted by Crippen LogP contribution is -2.43. The average molecular weight is 416 g/mol. The highest BCUT2D eigenvalue weighted by atomic mass is 35.5. The van der Waals surface area contributed by atoms with Crippen molar-refractivity contribution in [2.75, 3.05) is 18.8 Å². The smallest absolute Gasteiger partial charge is 0.223 e. The van der Waals surface area contributed by atoms with Gasteiger partial charge in [0.15, 0.2) is 0 Å². The lowest BCUT2D eigenvalue weighted by Gasteiger charge is -2.31. The Morgan fingerprint density at radius 1 is 1.07 bits per heavy atom. The van der Waals surface area contributed by atoms with Gasteiger partial charge >= 0.3 is 0 Å². The summed E-state index contributed by atoms with van der Waals surface area (Å²) in [6.07, 6.45) is 2.55. The van der Waals surface area contributed by atoms with Crippen LogP contribution in [0.25, 0.3) is 0 Å². The molecule has 1 saturated heterocycles. The molecule has 0 atom stereocenters. The standard InChI is InChI=1S/C23H29N3O2.ClH/c1-17-6-8-18(9-7-17)16-25-23(28)20-12-14-26(15-13-20)22(27)11-10-19-4-2-3-5-21(19)24;/h2-9,20H,10-16,24H2,1H3,(H,25,28);1H. The first-order valence-electron chi connectivity index (χ1n) is 9.97. The molecule has 0 unspecified atom stereocenters. The van der Waals surface area contributed by atoms with Gasteiger partial charge in [-0.15, -0.1) is 12.4 Å². The number of nitrogens with one attached hydrogen (secondary N) is 1. The van der Waals surface area contributed by atoms with Crippen molar-refractivity contribution >= 4 is 29.9 Å². The summed E-state index contributed by atoms with van der Waals surface area (Å²) >= 11 is 0. The maximum atomic E-state index is 12.5. The Morgan fingerprint density at radius 3 is 2.38 bits per heavy atom. The van der Waals surface area contributed by atoms with Crippen molar-refractivity contribution in [1.82, 2.24) is 10.2 Å². The van der Waals surface area contributed by atoms with E-state index < -0.39 is 0 Å². The second kappa shape index (κ2) is 10.9. The molecule has 2 amide bonds. The molecule has 3 rings (SSSR count). The van der Waals surface area contributed by atoms with E-state index in [1.807, 2.05) is 48.2 Å². The summed E-state index contributed by atoms with van der Waals surface area (Å²) in [6, 6.07) is 15.8. The number of aryl methyl sites for hydroxylation is 2. The highest BCUT2D eigenvalue weighted by molar-refractivity contribution is 5.85. The number of carbonyl (C=O) groups is 2. The molecule has 1 aliphatic rings. The lowest BCUT2D eigenvalue weighted by molar-refractivity contribution is -0.135. The largest absolute Gasteiger partial charge is 0.399 e. The number of amides is 2. The Labute approximate surface area is 179 Å². The quantitative estimate of drug-likeness (QED) is 0.709. The van der Waals surface area contributed by atoms with Crippen LogP contribution in [0.3, 0.4) is 0 Å². The van der Waals surface area contributed by atoms with Gasteiger partial charge in [-0.3, -0.25) is 9.59 Å². The van der Waals surface area contributed by atoms with Crippen molar-refractivity contribution in [3.8, 4) is 0 Å². The zero-order valence-corrected chi connectivity index (χ0v) is 17.7. The maximum Gasteiger partial charge on any atom is 0.223 e. The van der Waals surface area contributed by atoms with E-state index in [1.165, 1.54) is 5.56 Å². The zero-order chi connectivity index (χ0) is 19.9. The Balaban J connectivity index is 0.00000300. The molecule has 6 heteroatoms. The fourth-order valence-corrected chi connectivity index (χ4v) is 3.59. The van der Waals surface area contributed by atoms with Gasteiger partial charge in [0, 0.05) is 37.7 Å². The van der Waals surface area contributed by atoms with E-state index in [0.29, 0.717) is 32.5 Å². The minimum Gasteiger partial charge on any atom is -0.399 e. The summed E-state index contributed by atoms with van der Waals surface area (Å²) in [7, 11) is 0. The lowest BCUT2D eigenvalue weighted by atomic mass is 9.95. The highest BCUT2D eigenvalue weighted by Gasteiger charge is 2.27. The van der Waals surface area contributed by atoms with Crippen LogP contribution in [0.2, 0.25) is 0 Å². The van der Waals surface area contributed by atoms with Gasteiger partial charge in [-0.2, -0.15) is 0 Å². The molecule has 0 saturated carbocycles. The van der Waals surface area contributed by atoms with Gasteiger partial charge in [-0.05, 0) is 43.4 Å². The molecule has 0 aromatic heterocycles.